The van der Waals surface area contributed by atoms with Gasteiger partial charge in [-0.2, -0.15) is 0 Å². The molecule has 1 aliphatic rings. The molecule has 0 saturated carbocycles. The molecule has 0 fully saturated rings. The fourth-order valence-corrected chi connectivity index (χ4v) is 8.83. The highest BCUT2D eigenvalue weighted by Crippen LogP contribution is 2.41. The lowest BCUT2D eigenvalue weighted by Gasteiger charge is -2.19. The summed E-state index contributed by atoms with van der Waals surface area (Å²) in [6, 6.07) is 48.0. The third-order valence-electron chi connectivity index (χ3n) is 11.6. The number of fused-ring (bicyclic) bond motifs is 9. The van der Waals surface area contributed by atoms with Crippen LogP contribution in [0.2, 0.25) is 0 Å². The quantitative estimate of drug-likeness (QED) is 0.176. The number of para-hydroxylation sites is 2. The van der Waals surface area contributed by atoms with Crippen molar-refractivity contribution in [1.82, 2.24) is 13.7 Å². The second kappa shape index (κ2) is 11.3. The maximum atomic E-state index is 2.49. The zero-order chi connectivity index (χ0) is 36.2. The van der Waals surface area contributed by atoms with Crippen molar-refractivity contribution in [1.29, 1.82) is 0 Å². The molecule has 1 aliphatic carbocycles. The summed E-state index contributed by atoms with van der Waals surface area (Å²) in [6.07, 6.45) is 6.81. The highest BCUT2D eigenvalue weighted by Gasteiger charge is 2.23. The lowest BCUT2D eigenvalue weighted by molar-refractivity contribution is 0.590. The summed E-state index contributed by atoms with van der Waals surface area (Å²) in [6.45, 7) is 13.8. The Labute approximate surface area is 311 Å². The van der Waals surface area contributed by atoms with Gasteiger partial charge in [-0.1, -0.05) is 96.1 Å². The first-order valence-corrected chi connectivity index (χ1v) is 19.1. The van der Waals surface area contributed by atoms with E-state index in [1.807, 2.05) is 0 Å². The molecule has 3 aromatic heterocycles. The molecular weight excluding hydrogens is 643 g/mol. The number of benzene rings is 6. The molecule has 3 nitrogen and oxygen atoms in total. The van der Waals surface area contributed by atoms with Gasteiger partial charge in [-0.05, 0) is 125 Å². The average Bonchev–Trinajstić information content (AvgIpc) is 3.79. The molecule has 0 atom stereocenters. The van der Waals surface area contributed by atoms with E-state index in [-0.39, 0.29) is 10.8 Å². The minimum absolute atomic E-state index is 0.0558. The summed E-state index contributed by atoms with van der Waals surface area (Å²) in [7, 11) is 0. The molecule has 0 aliphatic heterocycles. The average molecular weight is 688 g/mol. The van der Waals surface area contributed by atoms with E-state index in [2.05, 4.69) is 195 Å². The third-order valence-corrected chi connectivity index (χ3v) is 11.6. The van der Waals surface area contributed by atoms with Gasteiger partial charge in [0.15, 0.2) is 0 Å². The third kappa shape index (κ3) is 4.87. The molecule has 0 unspecified atom stereocenters. The van der Waals surface area contributed by atoms with Gasteiger partial charge in [0.1, 0.15) is 0 Å². The molecule has 0 saturated heterocycles. The molecule has 0 N–H and O–H groups in total. The monoisotopic (exact) mass is 687 g/mol. The number of hydrogen-bond donors (Lipinski definition) is 0. The predicted molar refractivity (Wildman–Crippen MR) is 227 cm³/mol. The summed E-state index contributed by atoms with van der Waals surface area (Å²) in [4.78, 5) is 0. The molecular formula is C50H45N3. The van der Waals surface area contributed by atoms with Gasteiger partial charge in [0, 0.05) is 49.7 Å². The topological polar surface area (TPSA) is 14.8 Å². The Morgan fingerprint density at radius 1 is 0.415 bits per heavy atom. The van der Waals surface area contributed by atoms with Crippen molar-refractivity contribution in [2.24, 2.45) is 0 Å². The molecule has 53 heavy (non-hydrogen) atoms. The Balaban J connectivity index is 1.27. The Morgan fingerprint density at radius 3 is 1.47 bits per heavy atom. The largest absolute Gasteiger partial charge is 0.310 e. The van der Waals surface area contributed by atoms with Crippen LogP contribution in [0.1, 0.15) is 70.3 Å². The minimum Gasteiger partial charge on any atom is -0.310 e. The van der Waals surface area contributed by atoms with Crippen LogP contribution in [0.4, 0.5) is 0 Å². The van der Waals surface area contributed by atoms with E-state index in [1.54, 1.807) is 0 Å². The summed E-state index contributed by atoms with van der Waals surface area (Å²) in [5.41, 5.74) is 15.3. The molecule has 3 heterocycles. The number of aryl methyl sites for hydroxylation is 1. The van der Waals surface area contributed by atoms with Crippen molar-refractivity contribution >= 4 is 60.6 Å². The lowest BCUT2D eigenvalue weighted by atomic mass is 9.85. The van der Waals surface area contributed by atoms with Crippen molar-refractivity contribution in [3.63, 3.8) is 0 Å². The SMILES string of the molecule is CC(C)(C)c1ccc2c(c1)c1cc(C(C)(C)C)ccc1n2-c1ccc2c(c1)c1cc(-n3c4c(c5ccccc53)CCC=C4)ccc1n2-c1ccccc1. The van der Waals surface area contributed by atoms with Crippen LogP contribution < -0.4 is 0 Å². The van der Waals surface area contributed by atoms with E-state index in [0.717, 1.165) is 12.8 Å². The van der Waals surface area contributed by atoms with E-state index in [4.69, 9.17) is 0 Å². The van der Waals surface area contributed by atoms with Crippen molar-refractivity contribution in [3.8, 4) is 17.1 Å². The first-order chi connectivity index (χ1) is 25.6. The zero-order valence-corrected chi connectivity index (χ0v) is 31.5. The number of nitrogens with zero attached hydrogens (tertiary/aromatic N) is 3. The van der Waals surface area contributed by atoms with E-state index >= 15 is 0 Å². The molecule has 0 amide bonds. The summed E-state index contributed by atoms with van der Waals surface area (Å²) < 4.78 is 7.39. The van der Waals surface area contributed by atoms with Gasteiger partial charge < -0.3 is 13.7 Å². The van der Waals surface area contributed by atoms with Crippen LogP contribution >= 0.6 is 0 Å². The van der Waals surface area contributed by atoms with Crippen LogP contribution in [-0.2, 0) is 17.3 Å². The van der Waals surface area contributed by atoms with E-state index < -0.39 is 0 Å². The van der Waals surface area contributed by atoms with Gasteiger partial charge in [0.2, 0.25) is 0 Å². The van der Waals surface area contributed by atoms with Gasteiger partial charge in [-0.25, -0.2) is 0 Å². The molecule has 260 valence electrons. The zero-order valence-electron chi connectivity index (χ0n) is 31.5. The van der Waals surface area contributed by atoms with Crippen molar-refractivity contribution in [3.05, 3.63) is 156 Å². The molecule has 0 bridgehead atoms. The van der Waals surface area contributed by atoms with Crippen molar-refractivity contribution < 1.29 is 0 Å². The van der Waals surface area contributed by atoms with Crippen LogP contribution in [0.15, 0.2) is 133 Å². The van der Waals surface area contributed by atoms with Gasteiger partial charge >= 0.3 is 0 Å². The van der Waals surface area contributed by atoms with Crippen LogP contribution in [0, 0.1) is 0 Å². The lowest BCUT2D eigenvalue weighted by Crippen LogP contribution is -2.10. The Morgan fingerprint density at radius 2 is 0.887 bits per heavy atom. The van der Waals surface area contributed by atoms with E-state index in [0.29, 0.717) is 0 Å². The fraction of sp³-hybridized carbons (Fsp3) is 0.200. The molecule has 6 aromatic carbocycles. The summed E-state index contributed by atoms with van der Waals surface area (Å²) >= 11 is 0. The molecule has 3 heteroatoms. The number of hydrogen-bond acceptors (Lipinski definition) is 0. The van der Waals surface area contributed by atoms with Gasteiger partial charge in [-0.15, -0.1) is 0 Å². The van der Waals surface area contributed by atoms with E-state index in [9.17, 15) is 0 Å². The maximum Gasteiger partial charge on any atom is 0.0542 e. The van der Waals surface area contributed by atoms with Crippen molar-refractivity contribution in [2.45, 2.75) is 65.2 Å². The van der Waals surface area contributed by atoms with E-state index in [1.165, 1.54) is 94.0 Å². The van der Waals surface area contributed by atoms with Gasteiger partial charge in [-0.3, -0.25) is 0 Å². The minimum atomic E-state index is 0.0558. The Hall–Kier alpha value is -5.80. The molecule has 10 rings (SSSR count). The normalized spacial score (nSPS) is 13.6. The van der Waals surface area contributed by atoms with Crippen LogP contribution in [0.3, 0.4) is 0 Å². The highest BCUT2D eigenvalue weighted by atomic mass is 15.0. The predicted octanol–water partition coefficient (Wildman–Crippen LogP) is 13.4. The number of aromatic nitrogens is 3. The van der Waals surface area contributed by atoms with Crippen LogP contribution in [0.5, 0.6) is 0 Å². The van der Waals surface area contributed by atoms with Gasteiger partial charge in [0.05, 0.1) is 27.6 Å². The maximum absolute atomic E-state index is 2.49. The number of rotatable bonds is 3. The summed E-state index contributed by atoms with van der Waals surface area (Å²) in [5.74, 6) is 0. The summed E-state index contributed by atoms with van der Waals surface area (Å²) in [5, 5.41) is 6.48. The van der Waals surface area contributed by atoms with Crippen molar-refractivity contribution in [2.75, 3.05) is 0 Å². The van der Waals surface area contributed by atoms with Crippen LogP contribution in [-0.4, -0.2) is 13.7 Å². The van der Waals surface area contributed by atoms with Crippen LogP contribution in [0.25, 0.3) is 77.7 Å². The molecule has 0 spiro atoms. The first kappa shape index (κ1) is 31.9. The second-order valence-corrected chi connectivity index (χ2v) is 17.0. The Bertz CT molecular complexity index is 2880. The molecule has 9 aromatic rings. The van der Waals surface area contributed by atoms with Gasteiger partial charge in [0.25, 0.3) is 0 Å². The Kier molecular flexibility index (Phi) is 6.83. The smallest absolute Gasteiger partial charge is 0.0542 e. The number of allylic oxidation sites excluding steroid dienone is 1. The first-order valence-electron chi connectivity index (χ1n) is 19.1. The second-order valence-electron chi connectivity index (χ2n) is 17.0. The standard InChI is InChI=1S/C50H45N3/c1-49(2,3)32-20-24-45-39(28-32)40-29-33(50(4,5)6)21-25-46(40)53(45)36-23-27-48-42(31-36)41-30-35(22-26-47(41)51(48)34-14-8-7-9-15-34)52-43-18-12-10-16-37(43)38-17-11-13-19-44(38)52/h7-10,12-16,18-31H,11,17H2,1-6H3. The highest BCUT2D eigenvalue weighted by molar-refractivity contribution is 6.13. The fourth-order valence-electron chi connectivity index (χ4n) is 8.83. The molecule has 0 radical (unpaired) electrons.